The molecule has 2 aromatic carbocycles. The Bertz CT molecular complexity index is 1360. The fourth-order valence-corrected chi connectivity index (χ4v) is 4.18. The molecular formula is C25H22F3N5O. The number of piperazine rings is 1. The lowest BCUT2D eigenvalue weighted by atomic mass is 10.1. The van der Waals surface area contributed by atoms with Crippen molar-refractivity contribution in [1.82, 2.24) is 14.9 Å². The van der Waals surface area contributed by atoms with Crippen LogP contribution in [0.4, 0.5) is 30.5 Å². The van der Waals surface area contributed by atoms with E-state index in [0.29, 0.717) is 43.4 Å². The number of hydrogen-bond acceptors (Lipinski definition) is 5. The normalized spacial score (nSPS) is 14.4. The highest BCUT2D eigenvalue weighted by molar-refractivity contribution is 5.86. The van der Waals surface area contributed by atoms with Gasteiger partial charge in [0.2, 0.25) is 0 Å². The van der Waals surface area contributed by atoms with E-state index in [4.69, 9.17) is 0 Å². The lowest BCUT2D eigenvalue weighted by molar-refractivity contribution is -0.136. The van der Waals surface area contributed by atoms with Crippen LogP contribution in [0.25, 0.3) is 16.7 Å². The third-order valence-electron chi connectivity index (χ3n) is 5.76. The molecule has 0 atom stereocenters. The van der Waals surface area contributed by atoms with Crippen molar-refractivity contribution in [2.24, 2.45) is 0 Å². The Hall–Kier alpha value is -3.85. The molecule has 1 fully saturated rings. The van der Waals surface area contributed by atoms with Gasteiger partial charge in [-0.2, -0.15) is 13.2 Å². The van der Waals surface area contributed by atoms with Crippen molar-refractivity contribution in [3.8, 4) is 5.69 Å². The minimum Gasteiger partial charge on any atom is -0.354 e. The van der Waals surface area contributed by atoms with E-state index >= 15 is 0 Å². The van der Waals surface area contributed by atoms with Gasteiger partial charge in [-0.3, -0.25) is 9.36 Å². The molecule has 1 saturated heterocycles. The van der Waals surface area contributed by atoms with Gasteiger partial charge < -0.3 is 15.5 Å². The van der Waals surface area contributed by atoms with Crippen molar-refractivity contribution in [2.75, 3.05) is 36.4 Å². The smallest absolute Gasteiger partial charge is 0.354 e. The van der Waals surface area contributed by atoms with E-state index in [1.807, 2.05) is 41.3 Å². The first-order valence-electron chi connectivity index (χ1n) is 10.9. The second kappa shape index (κ2) is 8.83. The van der Waals surface area contributed by atoms with E-state index in [1.165, 1.54) is 6.07 Å². The van der Waals surface area contributed by atoms with Crippen LogP contribution in [-0.4, -0.2) is 35.7 Å². The summed E-state index contributed by atoms with van der Waals surface area (Å²) in [5.41, 5.74) is -0.482. The molecule has 4 aromatic rings. The highest BCUT2D eigenvalue weighted by Gasteiger charge is 2.36. The standard InChI is InChI=1S/C25H22F3N5O/c26-25(27,28)19-15-21(32-13-11-29-12-14-32)31-24-23(19)20(34)16-22(30-17-7-3-1-4-8-17)33(24)18-9-5-2-6-10-18/h1-10,15-16,29-30H,11-14H2. The molecule has 0 saturated carbocycles. The molecule has 3 heterocycles. The minimum atomic E-state index is -4.72. The van der Waals surface area contributed by atoms with E-state index in [0.717, 1.165) is 6.07 Å². The van der Waals surface area contributed by atoms with E-state index in [2.05, 4.69) is 15.6 Å². The summed E-state index contributed by atoms with van der Waals surface area (Å²) in [4.78, 5) is 19.6. The summed E-state index contributed by atoms with van der Waals surface area (Å²) in [6.45, 7) is 2.32. The summed E-state index contributed by atoms with van der Waals surface area (Å²) in [5.74, 6) is 0.523. The fourth-order valence-electron chi connectivity index (χ4n) is 4.18. The SMILES string of the molecule is O=c1cc(Nc2ccccc2)n(-c2ccccc2)c2nc(N3CCNCC3)cc(C(F)(F)F)c12. The Labute approximate surface area is 193 Å². The van der Waals surface area contributed by atoms with Crippen LogP contribution in [0.3, 0.4) is 0 Å². The van der Waals surface area contributed by atoms with Crippen LogP contribution >= 0.6 is 0 Å². The van der Waals surface area contributed by atoms with Crippen LogP contribution in [0.2, 0.25) is 0 Å². The molecule has 2 aromatic heterocycles. The van der Waals surface area contributed by atoms with Gasteiger partial charge in [-0.15, -0.1) is 0 Å². The largest absolute Gasteiger partial charge is 0.417 e. The second-order valence-electron chi connectivity index (χ2n) is 8.02. The number of alkyl halides is 3. The van der Waals surface area contributed by atoms with Gasteiger partial charge in [-0.1, -0.05) is 36.4 Å². The Morgan fingerprint density at radius 3 is 2.21 bits per heavy atom. The lowest BCUT2D eigenvalue weighted by Crippen LogP contribution is -2.44. The first-order valence-corrected chi connectivity index (χ1v) is 10.9. The molecule has 0 aliphatic carbocycles. The van der Waals surface area contributed by atoms with Gasteiger partial charge in [0.05, 0.1) is 10.9 Å². The maximum atomic E-state index is 14.2. The number of rotatable bonds is 4. The Kier molecular flexibility index (Phi) is 5.70. The molecule has 0 radical (unpaired) electrons. The van der Waals surface area contributed by atoms with Gasteiger partial charge in [0, 0.05) is 43.6 Å². The van der Waals surface area contributed by atoms with Crippen molar-refractivity contribution in [1.29, 1.82) is 0 Å². The molecule has 6 nitrogen and oxygen atoms in total. The van der Waals surface area contributed by atoms with Crippen molar-refractivity contribution in [2.45, 2.75) is 6.18 Å². The van der Waals surface area contributed by atoms with Gasteiger partial charge in [0.15, 0.2) is 11.1 Å². The highest BCUT2D eigenvalue weighted by Crippen LogP contribution is 2.37. The molecule has 1 aliphatic rings. The summed E-state index contributed by atoms with van der Waals surface area (Å²) in [6, 6.07) is 20.3. The van der Waals surface area contributed by atoms with Crippen molar-refractivity contribution >= 4 is 28.4 Å². The number of benzene rings is 2. The highest BCUT2D eigenvalue weighted by atomic mass is 19.4. The summed E-state index contributed by atoms with van der Waals surface area (Å²) >= 11 is 0. The molecule has 174 valence electrons. The maximum absolute atomic E-state index is 14.2. The molecule has 0 spiro atoms. The molecular weight excluding hydrogens is 443 g/mol. The zero-order valence-corrected chi connectivity index (χ0v) is 18.1. The quantitative estimate of drug-likeness (QED) is 0.463. The van der Waals surface area contributed by atoms with E-state index in [-0.39, 0.29) is 11.5 Å². The first kappa shape index (κ1) is 22.0. The Morgan fingerprint density at radius 2 is 1.56 bits per heavy atom. The predicted octanol–water partition coefficient (Wildman–Crippen LogP) is 4.56. The van der Waals surface area contributed by atoms with Crippen LogP contribution in [0.15, 0.2) is 77.6 Å². The average Bonchev–Trinajstić information content (AvgIpc) is 2.84. The second-order valence-corrected chi connectivity index (χ2v) is 8.02. The molecule has 1 aliphatic heterocycles. The van der Waals surface area contributed by atoms with Gasteiger partial charge >= 0.3 is 6.18 Å². The number of halogens is 3. The summed E-state index contributed by atoms with van der Waals surface area (Å²) < 4.78 is 44.2. The van der Waals surface area contributed by atoms with Crippen LogP contribution in [0.1, 0.15) is 5.56 Å². The van der Waals surface area contributed by atoms with Crippen LogP contribution < -0.4 is 21.0 Å². The zero-order chi connectivity index (χ0) is 23.7. The lowest BCUT2D eigenvalue weighted by Gasteiger charge is -2.29. The Balaban J connectivity index is 1.84. The topological polar surface area (TPSA) is 62.2 Å². The van der Waals surface area contributed by atoms with Crippen LogP contribution in [0, 0.1) is 0 Å². The Morgan fingerprint density at radius 1 is 0.912 bits per heavy atom. The predicted molar refractivity (Wildman–Crippen MR) is 127 cm³/mol. The number of aromatic nitrogens is 2. The number of nitrogens with one attached hydrogen (secondary N) is 2. The molecule has 0 bridgehead atoms. The summed E-state index contributed by atoms with van der Waals surface area (Å²) in [7, 11) is 0. The molecule has 2 N–H and O–H groups in total. The van der Waals surface area contributed by atoms with Crippen molar-refractivity contribution in [3.63, 3.8) is 0 Å². The van der Waals surface area contributed by atoms with E-state index in [1.54, 1.807) is 28.8 Å². The number of fused-ring (bicyclic) bond motifs is 1. The molecule has 5 rings (SSSR count). The molecule has 34 heavy (non-hydrogen) atoms. The molecule has 0 unspecified atom stereocenters. The van der Waals surface area contributed by atoms with E-state index < -0.39 is 22.6 Å². The number of nitrogens with zero attached hydrogens (tertiary/aromatic N) is 3. The maximum Gasteiger partial charge on any atom is 0.417 e. The van der Waals surface area contributed by atoms with Gasteiger partial charge in [0.1, 0.15) is 11.6 Å². The number of anilines is 3. The minimum absolute atomic E-state index is 0.0412. The first-order chi connectivity index (χ1) is 16.4. The number of para-hydroxylation sites is 2. The third-order valence-corrected chi connectivity index (χ3v) is 5.76. The van der Waals surface area contributed by atoms with E-state index in [9.17, 15) is 18.0 Å². The van der Waals surface area contributed by atoms with Gasteiger partial charge in [0.25, 0.3) is 0 Å². The van der Waals surface area contributed by atoms with Gasteiger partial charge in [-0.25, -0.2) is 4.98 Å². The van der Waals surface area contributed by atoms with Crippen LogP contribution in [0.5, 0.6) is 0 Å². The third kappa shape index (κ3) is 4.22. The van der Waals surface area contributed by atoms with Gasteiger partial charge in [-0.05, 0) is 30.3 Å². The van der Waals surface area contributed by atoms with Crippen molar-refractivity contribution < 1.29 is 13.2 Å². The zero-order valence-electron chi connectivity index (χ0n) is 18.1. The average molecular weight is 465 g/mol. The monoisotopic (exact) mass is 465 g/mol. The van der Waals surface area contributed by atoms with Crippen LogP contribution in [-0.2, 0) is 6.18 Å². The molecule has 0 amide bonds. The fraction of sp³-hybridized carbons (Fsp3) is 0.200. The van der Waals surface area contributed by atoms with Crippen molar-refractivity contribution in [3.05, 3.63) is 88.6 Å². The summed E-state index contributed by atoms with van der Waals surface area (Å²) in [5, 5.41) is 5.92. The molecule has 9 heteroatoms. The number of pyridine rings is 2. The number of hydrogen-bond donors (Lipinski definition) is 2. The summed E-state index contributed by atoms with van der Waals surface area (Å²) in [6.07, 6.45) is -4.72.